The predicted molar refractivity (Wildman–Crippen MR) is 84.8 cm³/mol. The van der Waals surface area contributed by atoms with Gasteiger partial charge in [0.1, 0.15) is 5.00 Å². The minimum absolute atomic E-state index is 0.0228. The number of aryl methyl sites for hydroxylation is 1. The summed E-state index contributed by atoms with van der Waals surface area (Å²) in [5, 5.41) is 3.57. The Bertz CT molecular complexity index is 530. The minimum Gasteiger partial charge on any atom is -0.462 e. The van der Waals surface area contributed by atoms with Crippen molar-refractivity contribution >= 4 is 28.2 Å². The quantitative estimate of drug-likeness (QED) is 0.850. The molecule has 5 heteroatoms. The molecule has 0 aliphatic heterocycles. The zero-order valence-corrected chi connectivity index (χ0v) is 13.8. The van der Waals surface area contributed by atoms with Gasteiger partial charge in [-0.1, -0.05) is 26.2 Å². The van der Waals surface area contributed by atoms with Crippen LogP contribution in [0.5, 0.6) is 0 Å². The molecule has 21 heavy (non-hydrogen) atoms. The Labute approximate surface area is 129 Å². The van der Waals surface area contributed by atoms with Gasteiger partial charge in [0.05, 0.1) is 12.2 Å². The largest absolute Gasteiger partial charge is 0.462 e. The Morgan fingerprint density at radius 2 is 2.00 bits per heavy atom. The fourth-order valence-electron chi connectivity index (χ4n) is 2.78. The summed E-state index contributed by atoms with van der Waals surface area (Å²) in [6.07, 6.45) is 5.22. The van der Waals surface area contributed by atoms with Crippen molar-refractivity contribution in [3.05, 3.63) is 16.5 Å². The number of nitrogens with one attached hydrogen (secondary N) is 1. The molecule has 116 valence electrons. The monoisotopic (exact) mass is 309 g/mol. The summed E-state index contributed by atoms with van der Waals surface area (Å²) in [6.45, 7) is 6.05. The number of anilines is 1. The van der Waals surface area contributed by atoms with E-state index >= 15 is 0 Å². The molecular weight excluding hydrogens is 286 g/mol. The van der Waals surface area contributed by atoms with Crippen LogP contribution in [0.4, 0.5) is 5.00 Å². The molecule has 1 aromatic rings. The topological polar surface area (TPSA) is 55.4 Å². The highest BCUT2D eigenvalue weighted by molar-refractivity contribution is 7.16. The van der Waals surface area contributed by atoms with E-state index in [9.17, 15) is 9.59 Å². The van der Waals surface area contributed by atoms with E-state index in [1.54, 1.807) is 13.0 Å². The number of thiophene rings is 1. The molecule has 1 aliphatic rings. The third-order valence-corrected chi connectivity index (χ3v) is 5.05. The number of carbonyl (C=O) groups excluding carboxylic acids is 2. The van der Waals surface area contributed by atoms with Gasteiger partial charge in [-0.25, -0.2) is 4.79 Å². The van der Waals surface area contributed by atoms with Crippen molar-refractivity contribution < 1.29 is 14.3 Å². The van der Waals surface area contributed by atoms with E-state index in [2.05, 4.69) is 5.32 Å². The molecular formula is C16H23NO3S. The van der Waals surface area contributed by atoms with Gasteiger partial charge < -0.3 is 10.1 Å². The average molecular weight is 309 g/mol. The van der Waals surface area contributed by atoms with Crippen molar-refractivity contribution in [3.8, 4) is 0 Å². The Kier molecular flexibility index (Phi) is 5.04. The first-order valence-electron chi connectivity index (χ1n) is 7.55. The van der Waals surface area contributed by atoms with Crippen LogP contribution >= 0.6 is 11.3 Å². The van der Waals surface area contributed by atoms with Gasteiger partial charge in [-0.05, 0) is 32.8 Å². The van der Waals surface area contributed by atoms with Crippen LogP contribution in [0.1, 0.15) is 61.2 Å². The molecule has 0 bridgehead atoms. The normalized spacial score (nSPS) is 17.3. The number of ether oxygens (including phenoxy) is 1. The van der Waals surface area contributed by atoms with Crippen LogP contribution in [0.25, 0.3) is 0 Å². The lowest BCUT2D eigenvalue weighted by Gasteiger charge is -2.31. The number of amides is 1. The predicted octanol–water partition coefficient (Wildman–Crippen LogP) is 4.14. The maximum absolute atomic E-state index is 12.6. The second-order valence-electron chi connectivity index (χ2n) is 5.90. The van der Waals surface area contributed by atoms with Crippen LogP contribution < -0.4 is 5.32 Å². The molecule has 0 saturated heterocycles. The first-order chi connectivity index (χ1) is 9.96. The second-order valence-corrected chi connectivity index (χ2v) is 7.15. The smallest absolute Gasteiger partial charge is 0.341 e. The van der Waals surface area contributed by atoms with Crippen molar-refractivity contribution in [3.63, 3.8) is 0 Å². The van der Waals surface area contributed by atoms with Crippen molar-refractivity contribution in [1.82, 2.24) is 0 Å². The molecule has 1 heterocycles. The number of hydrogen-bond donors (Lipinski definition) is 1. The summed E-state index contributed by atoms with van der Waals surface area (Å²) in [6, 6.07) is 1.78. The van der Waals surface area contributed by atoms with E-state index in [4.69, 9.17) is 4.74 Å². The van der Waals surface area contributed by atoms with E-state index in [0.29, 0.717) is 17.2 Å². The van der Waals surface area contributed by atoms with Crippen LogP contribution in [-0.2, 0) is 9.53 Å². The molecule has 1 aliphatic carbocycles. The molecule has 1 amide bonds. The van der Waals surface area contributed by atoms with Crippen molar-refractivity contribution in [2.45, 2.75) is 52.9 Å². The van der Waals surface area contributed by atoms with Crippen LogP contribution in [0.2, 0.25) is 0 Å². The van der Waals surface area contributed by atoms with Gasteiger partial charge in [0.25, 0.3) is 0 Å². The summed E-state index contributed by atoms with van der Waals surface area (Å²) in [4.78, 5) is 25.5. The first-order valence-corrected chi connectivity index (χ1v) is 8.37. The molecule has 0 radical (unpaired) electrons. The van der Waals surface area contributed by atoms with Gasteiger partial charge in [-0.3, -0.25) is 4.79 Å². The van der Waals surface area contributed by atoms with Gasteiger partial charge >= 0.3 is 5.97 Å². The maximum atomic E-state index is 12.6. The number of esters is 1. The SMILES string of the molecule is CCOC(=O)c1cc(C)sc1NC(=O)C1(C)CCCCC1. The maximum Gasteiger partial charge on any atom is 0.341 e. The highest BCUT2D eigenvalue weighted by Gasteiger charge is 2.35. The number of hydrogen-bond acceptors (Lipinski definition) is 4. The highest BCUT2D eigenvalue weighted by atomic mass is 32.1. The Morgan fingerprint density at radius 3 is 2.62 bits per heavy atom. The lowest BCUT2D eigenvalue weighted by atomic mass is 9.75. The molecule has 1 saturated carbocycles. The summed E-state index contributed by atoms with van der Waals surface area (Å²) in [5.74, 6) is -0.347. The van der Waals surface area contributed by atoms with Gasteiger partial charge in [-0.15, -0.1) is 11.3 Å². The third-order valence-electron chi connectivity index (χ3n) is 4.08. The highest BCUT2D eigenvalue weighted by Crippen LogP contribution is 2.38. The Balaban J connectivity index is 2.15. The van der Waals surface area contributed by atoms with Crippen LogP contribution in [0.15, 0.2) is 6.07 Å². The van der Waals surface area contributed by atoms with Crippen LogP contribution in [0.3, 0.4) is 0 Å². The van der Waals surface area contributed by atoms with Crippen LogP contribution in [-0.4, -0.2) is 18.5 Å². The molecule has 0 spiro atoms. The minimum atomic E-state index is -0.369. The third kappa shape index (κ3) is 3.64. The summed E-state index contributed by atoms with van der Waals surface area (Å²) >= 11 is 1.43. The summed E-state index contributed by atoms with van der Waals surface area (Å²) in [5.41, 5.74) is 0.148. The fraction of sp³-hybridized carbons (Fsp3) is 0.625. The van der Waals surface area contributed by atoms with Crippen molar-refractivity contribution in [2.75, 3.05) is 11.9 Å². The number of rotatable bonds is 4. The summed E-state index contributed by atoms with van der Waals surface area (Å²) < 4.78 is 5.05. The average Bonchev–Trinajstić information content (AvgIpc) is 2.81. The second kappa shape index (κ2) is 6.60. The molecule has 4 nitrogen and oxygen atoms in total. The summed E-state index contributed by atoms with van der Waals surface area (Å²) in [7, 11) is 0. The van der Waals surface area contributed by atoms with E-state index in [1.165, 1.54) is 17.8 Å². The molecule has 0 aromatic carbocycles. The molecule has 1 aromatic heterocycles. The van der Waals surface area contributed by atoms with Gasteiger partial charge in [-0.2, -0.15) is 0 Å². The van der Waals surface area contributed by atoms with E-state index in [1.807, 2.05) is 13.8 Å². The lowest BCUT2D eigenvalue weighted by molar-refractivity contribution is -0.126. The molecule has 0 atom stereocenters. The Morgan fingerprint density at radius 1 is 1.33 bits per heavy atom. The van der Waals surface area contributed by atoms with Gasteiger partial charge in [0, 0.05) is 10.3 Å². The lowest BCUT2D eigenvalue weighted by Crippen LogP contribution is -2.35. The van der Waals surface area contributed by atoms with E-state index in [0.717, 1.165) is 30.6 Å². The van der Waals surface area contributed by atoms with E-state index in [-0.39, 0.29) is 17.3 Å². The Hall–Kier alpha value is -1.36. The fourth-order valence-corrected chi connectivity index (χ4v) is 3.68. The standard InChI is InChI=1S/C16H23NO3S/c1-4-20-14(18)12-10-11(2)21-13(12)17-15(19)16(3)8-6-5-7-9-16/h10H,4-9H2,1-3H3,(H,17,19). The van der Waals surface area contributed by atoms with Crippen molar-refractivity contribution in [1.29, 1.82) is 0 Å². The zero-order chi connectivity index (χ0) is 15.5. The van der Waals surface area contributed by atoms with Crippen molar-refractivity contribution in [2.24, 2.45) is 5.41 Å². The van der Waals surface area contributed by atoms with Gasteiger partial charge in [0.15, 0.2) is 0 Å². The number of carbonyl (C=O) groups is 2. The molecule has 1 N–H and O–H groups in total. The molecule has 2 rings (SSSR count). The molecule has 1 fully saturated rings. The van der Waals surface area contributed by atoms with Gasteiger partial charge in [0.2, 0.25) is 5.91 Å². The first kappa shape index (κ1) is 16.0. The van der Waals surface area contributed by atoms with Crippen LogP contribution in [0, 0.1) is 12.3 Å². The zero-order valence-electron chi connectivity index (χ0n) is 13.0. The van der Waals surface area contributed by atoms with E-state index < -0.39 is 0 Å². The molecule has 0 unspecified atom stereocenters.